The number of aryl methyl sites for hydroxylation is 1. The number of hydrogen-bond acceptors (Lipinski definition) is 13. The van der Waals surface area contributed by atoms with Crippen LogP contribution in [0.2, 0.25) is 0 Å². The molecule has 6 aliphatic carbocycles. The first-order valence-electron chi connectivity index (χ1n) is 24.3. The van der Waals surface area contributed by atoms with Gasteiger partial charge in [-0.05, 0) is 128 Å². The molecule has 10 unspecified atom stereocenters. The molecule has 3 saturated carbocycles. The van der Waals surface area contributed by atoms with Crippen LogP contribution in [0.3, 0.4) is 0 Å². The third-order valence-electron chi connectivity index (χ3n) is 18.4. The first-order valence-corrected chi connectivity index (χ1v) is 24.3. The molecule has 5 spiro atoms. The summed E-state index contributed by atoms with van der Waals surface area (Å²) in [5, 5.41) is 85.4. The maximum absolute atomic E-state index is 15.1. The van der Waals surface area contributed by atoms with Crippen molar-refractivity contribution in [1.82, 2.24) is 9.97 Å². The third kappa shape index (κ3) is 5.02. The molecule has 68 heavy (non-hydrogen) atoms. The lowest BCUT2D eigenvalue weighted by molar-refractivity contribution is -0.366. The Morgan fingerprint density at radius 1 is 0.941 bits per heavy atom. The molecule has 2 aromatic heterocycles. The summed E-state index contributed by atoms with van der Waals surface area (Å²) in [7, 11) is 0. The minimum absolute atomic E-state index is 0.00535. The molecule has 2 aromatic carbocycles. The van der Waals surface area contributed by atoms with Crippen molar-refractivity contribution in [2.75, 3.05) is 11.9 Å². The highest BCUT2D eigenvalue weighted by Crippen LogP contribution is 2.73. The zero-order valence-electron chi connectivity index (χ0n) is 37.5. The fourth-order valence-corrected chi connectivity index (χ4v) is 15.7. The fourth-order valence-electron chi connectivity index (χ4n) is 15.7. The number of fused-ring (bicyclic) bond motifs is 7. The van der Waals surface area contributed by atoms with Crippen LogP contribution < -0.4 is 10.1 Å². The molecule has 7 heterocycles. The summed E-state index contributed by atoms with van der Waals surface area (Å²) in [5.74, 6) is -4.27. The molecule has 11 aliphatic rings. The van der Waals surface area contributed by atoms with Gasteiger partial charge >= 0.3 is 6.21 Å². The maximum Gasteiger partial charge on any atom is 0.301 e. The Morgan fingerprint density at radius 2 is 1.78 bits per heavy atom. The molecular weight excluding hydrogens is 867 g/mol. The highest BCUT2D eigenvalue weighted by molar-refractivity contribution is 6.34. The van der Waals surface area contributed by atoms with Crippen LogP contribution in [0.1, 0.15) is 131 Å². The van der Waals surface area contributed by atoms with Crippen molar-refractivity contribution in [3.63, 3.8) is 0 Å². The number of ether oxygens (including phenoxy) is 2. The average molecular weight is 919 g/mol. The van der Waals surface area contributed by atoms with Crippen LogP contribution in [-0.4, -0.2) is 107 Å². The Labute approximate surface area is 391 Å². The van der Waals surface area contributed by atoms with E-state index in [1.165, 1.54) is 18.8 Å². The Kier molecular flexibility index (Phi) is 8.30. The van der Waals surface area contributed by atoms with Crippen LogP contribution in [0.15, 0.2) is 58.7 Å². The number of aromatic hydroxyl groups is 1. The van der Waals surface area contributed by atoms with Crippen LogP contribution >= 0.6 is 0 Å². The average Bonchev–Trinajstić information content (AvgIpc) is 4.19. The Morgan fingerprint density at radius 3 is 2.59 bits per heavy atom. The topological polar surface area (TPSA) is 241 Å². The monoisotopic (exact) mass is 918 g/mol. The highest BCUT2D eigenvalue weighted by Gasteiger charge is 2.76. The molecule has 0 amide bonds. The van der Waals surface area contributed by atoms with Gasteiger partial charge in [0.2, 0.25) is 5.78 Å². The summed E-state index contributed by atoms with van der Waals surface area (Å²) < 4.78 is 14.5. The van der Waals surface area contributed by atoms with E-state index >= 15 is 4.79 Å². The quantitative estimate of drug-likeness (QED) is 0.0970. The molecule has 0 radical (unpaired) electrons. The number of phenols is 1. The van der Waals surface area contributed by atoms with Gasteiger partial charge in [0, 0.05) is 51.4 Å². The smallest absolute Gasteiger partial charge is 0.301 e. The third-order valence-corrected chi connectivity index (χ3v) is 18.4. The maximum atomic E-state index is 15.1. The zero-order valence-corrected chi connectivity index (χ0v) is 37.5. The molecule has 15 heteroatoms. The number of ketones is 2. The van der Waals surface area contributed by atoms with Gasteiger partial charge in [-0.1, -0.05) is 29.8 Å². The number of aliphatic hydroxyl groups is 5. The number of benzene rings is 2. The van der Waals surface area contributed by atoms with E-state index in [1.54, 1.807) is 37.5 Å². The summed E-state index contributed by atoms with van der Waals surface area (Å²) >= 11 is 0. The number of rotatable bonds is 2. The van der Waals surface area contributed by atoms with Crippen molar-refractivity contribution in [3.8, 4) is 11.5 Å². The number of aliphatic imine (C=N–C) groups is 1. The highest BCUT2D eigenvalue weighted by atomic mass is 16.7. The first-order chi connectivity index (χ1) is 32.7. The number of aliphatic hydroxyl groups excluding tert-OH is 5. The first kappa shape index (κ1) is 41.5. The summed E-state index contributed by atoms with van der Waals surface area (Å²) in [6.07, 6.45) is 5.59. The number of pyridine rings is 1. The number of nitrogens with zero attached hydrogens (tertiary/aromatic N) is 3. The lowest BCUT2D eigenvalue weighted by Gasteiger charge is -2.64. The second-order valence-corrected chi connectivity index (χ2v) is 21.8. The van der Waals surface area contributed by atoms with Gasteiger partial charge in [-0.15, -0.1) is 0 Å². The van der Waals surface area contributed by atoms with E-state index in [2.05, 4.69) is 26.7 Å². The largest absolute Gasteiger partial charge is 0.507 e. The van der Waals surface area contributed by atoms with Crippen molar-refractivity contribution in [2.45, 2.75) is 132 Å². The molecule has 8 N–H and O–H groups in total. The Hall–Kier alpha value is -5.52. The lowest BCUT2D eigenvalue weighted by Crippen LogP contribution is -2.78. The number of H-pyrrole nitrogens is 1. The van der Waals surface area contributed by atoms with Gasteiger partial charge in [0.1, 0.15) is 35.9 Å². The summed E-state index contributed by atoms with van der Waals surface area (Å²) in [6, 6.07) is 9.00. The van der Waals surface area contributed by atoms with E-state index in [0.29, 0.717) is 77.5 Å². The zero-order chi connectivity index (χ0) is 46.4. The van der Waals surface area contributed by atoms with Crippen LogP contribution in [0.5, 0.6) is 11.5 Å². The number of hydrogen-bond donors (Lipinski definition) is 8. The minimum Gasteiger partial charge on any atom is -0.507 e. The van der Waals surface area contributed by atoms with E-state index in [9.17, 15) is 35.4 Å². The SMILES string of the molecule is Cc1cc(O)c2c(c1)C(=O)c1c(c3cc4c(nccc14)NCC(O)C14CCCC1c1cc(C[C+]5C=N[CH+][N-]5)[nH]c1C1=CC5(O3)OC3(C1=C4CC1(CCC4(CCCC4)C1)C3O)C(O)C(O)C5O)C2=O. The van der Waals surface area contributed by atoms with Crippen molar-refractivity contribution >= 4 is 39.9 Å². The number of carbonyl (C=O) groups is 2. The molecule has 10 atom stereocenters. The van der Waals surface area contributed by atoms with Gasteiger partial charge in [-0.25, -0.2) is 4.98 Å². The molecule has 4 aromatic rings. The van der Waals surface area contributed by atoms with Gasteiger partial charge in [-0.3, -0.25) is 14.9 Å². The molecule has 15 nitrogen and oxygen atoms in total. The lowest BCUT2D eigenvalue weighted by atomic mass is 9.51. The molecule has 8 bridgehead atoms. The van der Waals surface area contributed by atoms with E-state index in [4.69, 9.17) is 14.5 Å². The number of aromatic nitrogens is 2. The van der Waals surface area contributed by atoms with E-state index in [1.807, 2.05) is 0 Å². The van der Waals surface area contributed by atoms with Gasteiger partial charge in [-0.2, -0.15) is 0 Å². The second-order valence-electron chi connectivity index (χ2n) is 21.8. The number of nitrogens with one attached hydrogen (secondary N) is 2. The number of aromatic amines is 1. The molecular formula is C53H52N5O10+. The van der Waals surface area contributed by atoms with Crippen molar-refractivity contribution < 1.29 is 49.7 Å². The molecule has 4 fully saturated rings. The molecule has 5 aliphatic heterocycles. The van der Waals surface area contributed by atoms with Crippen LogP contribution in [-0.2, 0) is 11.2 Å². The normalized spacial score (nSPS) is 36.7. The van der Waals surface area contributed by atoms with Gasteiger partial charge < -0.3 is 50.4 Å². The summed E-state index contributed by atoms with van der Waals surface area (Å²) in [4.78, 5) is 42.7. The van der Waals surface area contributed by atoms with E-state index in [-0.39, 0.29) is 51.6 Å². The predicted molar refractivity (Wildman–Crippen MR) is 247 cm³/mol. The van der Waals surface area contributed by atoms with Gasteiger partial charge in [0.25, 0.3) is 5.79 Å². The van der Waals surface area contributed by atoms with Crippen molar-refractivity contribution in [2.24, 2.45) is 21.2 Å². The van der Waals surface area contributed by atoms with Crippen LogP contribution in [0.4, 0.5) is 5.82 Å². The molecule has 1 saturated heterocycles. The summed E-state index contributed by atoms with van der Waals surface area (Å²) in [5.41, 5.74) is 0.249. The molecule has 15 rings (SSSR count). The number of phenolic OH excluding ortho intramolecular Hbond substituents is 1. The van der Waals surface area contributed by atoms with Gasteiger partial charge in [0.15, 0.2) is 23.5 Å². The van der Waals surface area contributed by atoms with E-state index < -0.39 is 64.3 Å². The second kappa shape index (κ2) is 13.6. The van der Waals surface area contributed by atoms with Crippen molar-refractivity contribution in [1.29, 1.82) is 0 Å². The van der Waals surface area contributed by atoms with E-state index in [0.717, 1.165) is 61.4 Å². The minimum atomic E-state index is -2.43. The summed E-state index contributed by atoms with van der Waals surface area (Å²) in [6.45, 7) is 3.22. The van der Waals surface area contributed by atoms with Gasteiger partial charge in [0.05, 0.1) is 35.7 Å². The molecule has 348 valence electrons. The fraction of sp³-hybridized carbons (Fsp3) is 0.472. The standard InChI is InChI=1S/C53H51N5O10/c1-24-13-30-37(34(59)14-24)43(62)39-35-17-28-27(38(39)42(30)61)6-12-55-47(28)56-21-36(60)51-9-4-5-32(51)29-16-25(15-26-20-54-23-57-26)58-41(29)31-18-52(67-35)45(64)44(63)46(65)53(68-52)40(31)33(51)19-50(48(53)66)11-10-49(22-50)7-2-3-8-49/h6,12-14,16-18,20,23,32,36,44-46,48,58,60,63-66H,2-5,7-11,15,19,21-22H2,1H3,(H-,55,56,59,61,62)/p+1. The van der Waals surface area contributed by atoms with Crippen LogP contribution in [0, 0.1) is 35.9 Å². The van der Waals surface area contributed by atoms with Crippen molar-refractivity contribution in [3.05, 3.63) is 117 Å². The Bertz CT molecular complexity index is 3060. The number of carbonyl (C=O) groups excluding carboxylic acids is 2. The Balaban J connectivity index is 1.09. The van der Waals surface area contributed by atoms with Crippen LogP contribution in [0.25, 0.3) is 21.7 Å². The number of anilines is 1. The predicted octanol–water partition coefficient (Wildman–Crippen LogP) is 5.87.